The molecule has 0 atom stereocenters. The molecular formula is C11H12N2O3S. The molecule has 2 N–H and O–H groups in total. The molecule has 0 saturated carbocycles. The fraction of sp³-hybridized carbons (Fsp3) is 0.455. The highest BCUT2D eigenvalue weighted by Crippen LogP contribution is 2.40. The number of carbonyl (C=O) groups is 2. The molecule has 2 aliphatic heterocycles. The number of hydrogen-bond donors (Lipinski definition) is 2. The third-order valence-electron chi connectivity index (χ3n) is 3.32. The summed E-state index contributed by atoms with van der Waals surface area (Å²) in [7, 11) is 0. The quantitative estimate of drug-likeness (QED) is 0.745. The maximum absolute atomic E-state index is 12.1. The van der Waals surface area contributed by atoms with E-state index in [2.05, 4.69) is 10.6 Å². The van der Waals surface area contributed by atoms with Crippen LogP contribution in [0.3, 0.4) is 0 Å². The van der Waals surface area contributed by atoms with E-state index in [-0.39, 0.29) is 11.7 Å². The van der Waals surface area contributed by atoms with Crippen LogP contribution >= 0.6 is 11.8 Å². The van der Waals surface area contributed by atoms with Gasteiger partial charge in [0.15, 0.2) is 12.0 Å². The molecule has 3 rings (SSSR count). The van der Waals surface area contributed by atoms with E-state index in [0.717, 1.165) is 24.3 Å². The first-order chi connectivity index (χ1) is 8.25. The zero-order chi connectivity index (χ0) is 11.9. The maximum Gasteiger partial charge on any atom is 0.250 e. The molecular weight excluding hydrogens is 240 g/mol. The van der Waals surface area contributed by atoms with Crippen molar-refractivity contribution in [3.8, 4) is 0 Å². The van der Waals surface area contributed by atoms with Crippen molar-refractivity contribution in [3.63, 3.8) is 0 Å². The molecule has 0 aromatic carbocycles. The summed E-state index contributed by atoms with van der Waals surface area (Å²) in [5.41, 5.74) is 0.604. The zero-order valence-electron chi connectivity index (χ0n) is 9.12. The van der Waals surface area contributed by atoms with Gasteiger partial charge in [-0.25, -0.2) is 0 Å². The molecule has 0 bridgehead atoms. The standard InChI is InChI=1S/C11H12N2O3S/c14-5-8-9-7(6-16-8)12-10(15)11(13-9)1-3-17-4-2-11/h5-6,13H,1-4H2,(H,12,15). The Morgan fingerprint density at radius 3 is 2.88 bits per heavy atom. The van der Waals surface area contributed by atoms with Crippen LogP contribution in [0.5, 0.6) is 0 Å². The number of nitrogens with one attached hydrogen (secondary N) is 2. The van der Waals surface area contributed by atoms with Gasteiger partial charge < -0.3 is 15.1 Å². The van der Waals surface area contributed by atoms with E-state index in [1.54, 1.807) is 0 Å². The number of rotatable bonds is 1. The third-order valence-corrected chi connectivity index (χ3v) is 4.31. The van der Waals surface area contributed by atoms with E-state index < -0.39 is 5.54 Å². The number of thioether (sulfide) groups is 1. The number of aldehydes is 1. The smallest absolute Gasteiger partial charge is 0.250 e. The van der Waals surface area contributed by atoms with Gasteiger partial charge in [0.25, 0.3) is 0 Å². The summed E-state index contributed by atoms with van der Waals surface area (Å²) in [6.45, 7) is 0. The highest BCUT2D eigenvalue weighted by Gasteiger charge is 2.44. The summed E-state index contributed by atoms with van der Waals surface area (Å²) in [6.07, 6.45) is 3.60. The third kappa shape index (κ3) is 1.55. The SMILES string of the molecule is O=Cc1occ2c1NC1(CCSCC1)C(=O)N2. The number of anilines is 2. The first-order valence-corrected chi connectivity index (χ1v) is 6.65. The number of amides is 1. The molecule has 0 aliphatic carbocycles. The lowest BCUT2D eigenvalue weighted by Crippen LogP contribution is -2.54. The van der Waals surface area contributed by atoms with Crippen LogP contribution in [0.25, 0.3) is 0 Å². The molecule has 0 radical (unpaired) electrons. The van der Waals surface area contributed by atoms with Crippen LogP contribution in [0, 0.1) is 0 Å². The first-order valence-electron chi connectivity index (χ1n) is 5.49. The van der Waals surface area contributed by atoms with E-state index in [1.165, 1.54) is 6.26 Å². The predicted molar refractivity (Wildman–Crippen MR) is 65.6 cm³/mol. The topological polar surface area (TPSA) is 71.3 Å². The minimum absolute atomic E-state index is 0.0245. The minimum atomic E-state index is -0.570. The molecule has 17 heavy (non-hydrogen) atoms. The lowest BCUT2D eigenvalue weighted by atomic mass is 9.89. The molecule has 5 nitrogen and oxygen atoms in total. The molecule has 1 aromatic rings. The molecule has 0 unspecified atom stereocenters. The summed E-state index contributed by atoms with van der Waals surface area (Å²) >= 11 is 1.84. The number of carbonyl (C=O) groups excluding carboxylic acids is 2. The van der Waals surface area contributed by atoms with Gasteiger partial charge >= 0.3 is 0 Å². The summed E-state index contributed by atoms with van der Waals surface area (Å²) < 4.78 is 5.10. The van der Waals surface area contributed by atoms with Gasteiger partial charge in [0.1, 0.15) is 23.2 Å². The van der Waals surface area contributed by atoms with Crippen LogP contribution < -0.4 is 10.6 Å². The molecule has 1 fully saturated rings. The van der Waals surface area contributed by atoms with Gasteiger partial charge in [0.05, 0.1) is 0 Å². The second kappa shape index (κ2) is 3.80. The van der Waals surface area contributed by atoms with Crippen molar-refractivity contribution in [2.24, 2.45) is 0 Å². The van der Waals surface area contributed by atoms with Crippen molar-refractivity contribution >= 4 is 35.3 Å². The second-order valence-corrected chi connectivity index (χ2v) is 5.50. The number of fused-ring (bicyclic) bond motifs is 1. The molecule has 6 heteroatoms. The fourth-order valence-electron chi connectivity index (χ4n) is 2.29. The van der Waals surface area contributed by atoms with Gasteiger partial charge in [0.2, 0.25) is 5.91 Å². The van der Waals surface area contributed by atoms with Crippen LogP contribution in [0.1, 0.15) is 23.4 Å². The van der Waals surface area contributed by atoms with Gasteiger partial charge in [-0.3, -0.25) is 9.59 Å². The molecule has 1 saturated heterocycles. The Labute approximate surface area is 102 Å². The van der Waals surface area contributed by atoms with Gasteiger partial charge in [0, 0.05) is 0 Å². The fourth-order valence-corrected chi connectivity index (χ4v) is 3.48. The highest BCUT2D eigenvalue weighted by atomic mass is 32.2. The van der Waals surface area contributed by atoms with Crippen molar-refractivity contribution in [1.29, 1.82) is 0 Å². The predicted octanol–water partition coefficient (Wildman–Crippen LogP) is 1.72. The lowest BCUT2D eigenvalue weighted by molar-refractivity contribution is -0.120. The Morgan fingerprint density at radius 2 is 2.18 bits per heavy atom. The minimum Gasteiger partial charge on any atom is -0.457 e. The van der Waals surface area contributed by atoms with Crippen LogP contribution in [0.15, 0.2) is 10.7 Å². The largest absolute Gasteiger partial charge is 0.457 e. The molecule has 3 heterocycles. The Balaban J connectivity index is 2.00. The Kier molecular flexibility index (Phi) is 2.39. The van der Waals surface area contributed by atoms with E-state index in [4.69, 9.17) is 4.42 Å². The van der Waals surface area contributed by atoms with Crippen molar-refractivity contribution in [2.45, 2.75) is 18.4 Å². The van der Waals surface area contributed by atoms with Crippen LogP contribution in [0.4, 0.5) is 11.4 Å². The van der Waals surface area contributed by atoms with Crippen molar-refractivity contribution < 1.29 is 14.0 Å². The lowest BCUT2D eigenvalue weighted by Gasteiger charge is -2.39. The normalized spacial score (nSPS) is 21.5. The second-order valence-electron chi connectivity index (χ2n) is 4.28. The Morgan fingerprint density at radius 1 is 1.41 bits per heavy atom. The van der Waals surface area contributed by atoms with Crippen LogP contribution in [-0.4, -0.2) is 29.2 Å². The van der Waals surface area contributed by atoms with Gasteiger partial charge in [-0.15, -0.1) is 0 Å². The van der Waals surface area contributed by atoms with Crippen LogP contribution in [0.2, 0.25) is 0 Å². The summed E-state index contributed by atoms with van der Waals surface area (Å²) in [6, 6.07) is 0. The Hall–Kier alpha value is -1.43. The van der Waals surface area contributed by atoms with E-state index in [9.17, 15) is 9.59 Å². The molecule has 2 aliphatic rings. The van der Waals surface area contributed by atoms with Crippen LogP contribution in [-0.2, 0) is 4.79 Å². The van der Waals surface area contributed by atoms with E-state index in [1.807, 2.05) is 11.8 Å². The van der Waals surface area contributed by atoms with E-state index in [0.29, 0.717) is 17.7 Å². The first kappa shape index (κ1) is 10.7. The number of furan rings is 1. The maximum atomic E-state index is 12.1. The average Bonchev–Trinajstić information content (AvgIpc) is 2.73. The van der Waals surface area contributed by atoms with Gasteiger partial charge in [-0.05, 0) is 24.3 Å². The molecule has 1 amide bonds. The van der Waals surface area contributed by atoms with Crippen molar-refractivity contribution in [1.82, 2.24) is 0 Å². The van der Waals surface area contributed by atoms with Gasteiger partial charge in [-0.2, -0.15) is 11.8 Å². The van der Waals surface area contributed by atoms with Crippen molar-refractivity contribution in [2.75, 3.05) is 22.1 Å². The summed E-state index contributed by atoms with van der Waals surface area (Å²) in [5, 5.41) is 6.02. The van der Waals surface area contributed by atoms with Crippen molar-refractivity contribution in [3.05, 3.63) is 12.0 Å². The Bertz CT molecular complexity index is 477. The van der Waals surface area contributed by atoms with E-state index >= 15 is 0 Å². The summed E-state index contributed by atoms with van der Waals surface area (Å²) in [4.78, 5) is 23.0. The monoisotopic (exact) mass is 252 g/mol. The van der Waals surface area contributed by atoms with Gasteiger partial charge in [-0.1, -0.05) is 0 Å². The summed E-state index contributed by atoms with van der Waals surface area (Å²) in [5.74, 6) is 2.12. The zero-order valence-corrected chi connectivity index (χ0v) is 9.93. The molecule has 1 aromatic heterocycles. The highest BCUT2D eigenvalue weighted by molar-refractivity contribution is 7.99. The number of hydrogen-bond acceptors (Lipinski definition) is 5. The molecule has 90 valence electrons. The molecule has 1 spiro atoms. The average molecular weight is 252 g/mol.